The molecule has 1 fully saturated rings. The number of anilines is 1. The van der Waals surface area contributed by atoms with E-state index in [0.717, 1.165) is 43.5 Å². The molecular weight excluding hydrogens is 535 g/mol. The second kappa shape index (κ2) is 12.8. The van der Waals surface area contributed by atoms with Gasteiger partial charge in [0.15, 0.2) is 5.96 Å². The van der Waals surface area contributed by atoms with Crippen LogP contribution in [0.1, 0.15) is 49.8 Å². The van der Waals surface area contributed by atoms with E-state index in [4.69, 9.17) is 10.7 Å². The Kier molecular flexibility index (Phi) is 10.0. The molecule has 0 amide bonds. The molecule has 36 heavy (non-hydrogen) atoms. The predicted molar refractivity (Wildman–Crippen MR) is 142 cm³/mol. The van der Waals surface area contributed by atoms with Crippen molar-refractivity contribution in [3.05, 3.63) is 58.1 Å². The van der Waals surface area contributed by atoms with E-state index < -0.39 is 6.36 Å². The molecule has 3 rings (SSSR count). The normalized spacial score (nSPS) is 19.8. The van der Waals surface area contributed by atoms with Crippen LogP contribution in [0, 0.1) is 5.92 Å². The maximum Gasteiger partial charge on any atom is 0.573 e. The maximum absolute atomic E-state index is 12.7. The van der Waals surface area contributed by atoms with E-state index in [-0.39, 0.29) is 17.8 Å². The van der Waals surface area contributed by atoms with Crippen LogP contribution >= 0.6 is 15.9 Å². The number of hydrogen-bond donors (Lipinski definition) is 3. The Bertz CT molecular complexity index is 1020. The lowest BCUT2D eigenvalue weighted by atomic mass is 9.86. The van der Waals surface area contributed by atoms with Crippen LogP contribution in [0.2, 0.25) is 0 Å². The molecule has 0 spiro atoms. The quantitative estimate of drug-likeness (QED) is 0.253. The summed E-state index contributed by atoms with van der Waals surface area (Å²) in [6.07, 6.45) is -0.919. The molecule has 1 aliphatic rings. The molecular formula is C26H35BrF3N5O. The van der Waals surface area contributed by atoms with Gasteiger partial charge in [-0.15, -0.1) is 13.2 Å². The summed E-state index contributed by atoms with van der Waals surface area (Å²) in [6.45, 7) is 3.17. The lowest BCUT2D eigenvalue weighted by Gasteiger charge is -2.27. The molecule has 1 unspecified atom stereocenters. The summed E-state index contributed by atoms with van der Waals surface area (Å²) in [4.78, 5) is 6.86. The van der Waals surface area contributed by atoms with E-state index in [1.165, 1.54) is 6.07 Å². The van der Waals surface area contributed by atoms with Crippen molar-refractivity contribution in [2.75, 3.05) is 26.0 Å². The number of nitrogens with one attached hydrogen (secondary N) is 2. The molecule has 2 aromatic rings. The maximum atomic E-state index is 12.7. The number of para-hydroxylation sites is 1. The van der Waals surface area contributed by atoms with Gasteiger partial charge in [-0.05, 0) is 82.9 Å². The molecule has 0 aromatic heterocycles. The zero-order valence-corrected chi connectivity index (χ0v) is 22.5. The van der Waals surface area contributed by atoms with E-state index in [9.17, 15) is 13.2 Å². The lowest BCUT2D eigenvalue weighted by molar-refractivity contribution is -0.274. The number of nitrogens with zero attached hydrogens (tertiary/aromatic N) is 2. The third-order valence-electron chi connectivity index (χ3n) is 6.59. The van der Waals surface area contributed by atoms with Crippen LogP contribution in [0.25, 0.3) is 0 Å². The highest BCUT2D eigenvalue weighted by Gasteiger charge is 2.32. The Hall–Kier alpha value is -2.30. The van der Waals surface area contributed by atoms with Crippen molar-refractivity contribution in [3.8, 4) is 5.75 Å². The summed E-state index contributed by atoms with van der Waals surface area (Å²) in [5, 5.41) is 6.57. The molecule has 0 bridgehead atoms. The van der Waals surface area contributed by atoms with Crippen LogP contribution < -0.4 is 21.1 Å². The molecule has 0 aliphatic heterocycles. The van der Waals surface area contributed by atoms with Gasteiger partial charge in [-0.3, -0.25) is 0 Å². The van der Waals surface area contributed by atoms with Crippen molar-refractivity contribution in [2.24, 2.45) is 16.6 Å². The number of rotatable bonds is 9. The van der Waals surface area contributed by atoms with Gasteiger partial charge in [0.1, 0.15) is 5.75 Å². The average Bonchev–Trinajstić information content (AvgIpc) is 2.80. The van der Waals surface area contributed by atoms with Crippen LogP contribution in [-0.4, -0.2) is 43.9 Å². The molecule has 0 saturated heterocycles. The Labute approximate surface area is 219 Å². The number of ether oxygens (including phenoxy) is 1. The number of guanidine groups is 1. The number of aliphatic imine (C=N–C) groups is 1. The first-order valence-corrected chi connectivity index (χ1v) is 12.9. The molecule has 1 atom stereocenters. The van der Waals surface area contributed by atoms with Gasteiger partial charge in [-0.2, -0.15) is 0 Å². The van der Waals surface area contributed by atoms with Crippen molar-refractivity contribution in [1.82, 2.24) is 10.2 Å². The van der Waals surface area contributed by atoms with Crippen LogP contribution in [0.4, 0.5) is 18.9 Å². The van der Waals surface area contributed by atoms with Crippen molar-refractivity contribution in [3.63, 3.8) is 0 Å². The zero-order valence-electron chi connectivity index (χ0n) is 20.9. The Balaban J connectivity index is 1.48. The third kappa shape index (κ3) is 8.67. The van der Waals surface area contributed by atoms with Crippen LogP contribution in [0.15, 0.2) is 51.9 Å². The van der Waals surface area contributed by atoms with Crippen LogP contribution in [0.3, 0.4) is 0 Å². The fraction of sp³-hybridized carbons (Fsp3) is 0.500. The summed E-state index contributed by atoms with van der Waals surface area (Å²) in [7, 11) is 4.08. The second-order valence-corrected chi connectivity index (χ2v) is 10.4. The van der Waals surface area contributed by atoms with Crippen molar-refractivity contribution >= 4 is 27.6 Å². The topological polar surface area (TPSA) is 74.9 Å². The number of benzene rings is 2. The predicted octanol–water partition coefficient (Wildman–Crippen LogP) is 6.05. The van der Waals surface area contributed by atoms with E-state index >= 15 is 0 Å². The van der Waals surface area contributed by atoms with Gasteiger partial charge in [0, 0.05) is 28.3 Å². The highest BCUT2D eigenvalue weighted by atomic mass is 79.9. The highest BCUT2D eigenvalue weighted by Crippen LogP contribution is 2.30. The first-order chi connectivity index (χ1) is 17.0. The molecule has 198 valence electrons. The van der Waals surface area contributed by atoms with Crippen LogP contribution in [0.5, 0.6) is 5.75 Å². The van der Waals surface area contributed by atoms with E-state index in [1.807, 2.05) is 32.3 Å². The van der Waals surface area contributed by atoms with Gasteiger partial charge in [0.2, 0.25) is 0 Å². The molecule has 1 saturated carbocycles. The Morgan fingerprint density at radius 1 is 1.17 bits per heavy atom. The van der Waals surface area contributed by atoms with Gasteiger partial charge < -0.3 is 26.0 Å². The first-order valence-electron chi connectivity index (χ1n) is 12.1. The fourth-order valence-electron chi connectivity index (χ4n) is 4.40. The van der Waals surface area contributed by atoms with E-state index in [2.05, 4.69) is 49.2 Å². The third-order valence-corrected chi connectivity index (χ3v) is 7.08. The smallest absolute Gasteiger partial charge is 0.405 e. The van der Waals surface area contributed by atoms with Crippen LogP contribution in [-0.2, 0) is 6.54 Å². The SMILES string of the molecule is CC(c1ccccc1NC(N)=NC1CCC(CNCc2ccc(Br)cc2OC(F)(F)F)CC1)N(C)C. The zero-order chi connectivity index (χ0) is 26.3. The minimum atomic E-state index is -4.72. The van der Waals surface area contributed by atoms with E-state index in [1.54, 1.807) is 12.1 Å². The monoisotopic (exact) mass is 569 g/mol. The molecule has 4 N–H and O–H groups in total. The van der Waals surface area contributed by atoms with Gasteiger partial charge in [-0.25, -0.2) is 4.99 Å². The van der Waals surface area contributed by atoms with Crippen molar-refractivity contribution < 1.29 is 17.9 Å². The molecule has 1 aliphatic carbocycles. The minimum absolute atomic E-state index is 0.158. The number of nitrogens with two attached hydrogens (primary N) is 1. The number of hydrogen-bond acceptors (Lipinski definition) is 4. The molecule has 6 nitrogen and oxygen atoms in total. The Morgan fingerprint density at radius 2 is 1.86 bits per heavy atom. The van der Waals surface area contributed by atoms with Crippen molar-refractivity contribution in [2.45, 2.75) is 57.6 Å². The fourth-order valence-corrected chi connectivity index (χ4v) is 4.74. The Morgan fingerprint density at radius 3 is 2.53 bits per heavy atom. The summed E-state index contributed by atoms with van der Waals surface area (Å²) in [5.74, 6) is 0.670. The molecule has 2 aromatic carbocycles. The first kappa shape index (κ1) is 28.3. The summed E-state index contributed by atoms with van der Waals surface area (Å²) >= 11 is 3.20. The summed E-state index contributed by atoms with van der Waals surface area (Å²) < 4.78 is 42.9. The van der Waals surface area contributed by atoms with Crippen molar-refractivity contribution in [1.29, 1.82) is 0 Å². The van der Waals surface area contributed by atoms with Gasteiger partial charge >= 0.3 is 6.36 Å². The number of alkyl halides is 3. The summed E-state index contributed by atoms with van der Waals surface area (Å²) in [6, 6.07) is 13.2. The molecule has 0 heterocycles. The second-order valence-electron chi connectivity index (χ2n) is 9.47. The van der Waals surface area contributed by atoms with Gasteiger partial charge in [0.25, 0.3) is 0 Å². The highest BCUT2D eigenvalue weighted by molar-refractivity contribution is 9.10. The summed E-state index contributed by atoms with van der Waals surface area (Å²) in [5.41, 5.74) is 8.83. The van der Waals surface area contributed by atoms with Gasteiger partial charge in [-0.1, -0.05) is 40.2 Å². The van der Waals surface area contributed by atoms with Gasteiger partial charge in [0.05, 0.1) is 6.04 Å². The standard InChI is InChI=1S/C26H35BrF3N5O/c1-17(35(2)3)22-6-4-5-7-23(22)34-25(31)33-21-12-8-18(9-13-21)15-32-16-19-10-11-20(27)14-24(19)36-26(28,29)30/h4-7,10-11,14,17-18,21,32H,8-9,12-13,15-16H2,1-3H3,(H3,31,33,34). The molecule has 0 radical (unpaired) electrons. The minimum Gasteiger partial charge on any atom is -0.405 e. The number of halogens is 4. The average molecular weight is 570 g/mol. The largest absolute Gasteiger partial charge is 0.573 e. The lowest BCUT2D eigenvalue weighted by Crippen LogP contribution is -2.30. The van der Waals surface area contributed by atoms with E-state index in [0.29, 0.717) is 28.5 Å². The molecule has 10 heteroatoms.